The first kappa shape index (κ1) is 11.6. The number of nitrogens with one attached hydrogen (secondary N) is 2. The summed E-state index contributed by atoms with van der Waals surface area (Å²) in [5.41, 5.74) is 0.596. The van der Waals surface area contributed by atoms with Crippen molar-refractivity contribution in [2.24, 2.45) is 0 Å². The van der Waals surface area contributed by atoms with Crippen LogP contribution in [0.1, 0.15) is 23.2 Å². The predicted molar refractivity (Wildman–Crippen MR) is 70.0 cm³/mol. The minimum absolute atomic E-state index is 0.0596. The number of aromatic nitrogens is 3. The Morgan fingerprint density at radius 3 is 2.79 bits per heavy atom. The van der Waals surface area contributed by atoms with Crippen LogP contribution in [0.15, 0.2) is 36.9 Å². The predicted octanol–water partition coefficient (Wildman–Crippen LogP) is 1.51. The van der Waals surface area contributed by atoms with Crippen LogP contribution in [0.5, 0.6) is 0 Å². The van der Waals surface area contributed by atoms with Crippen LogP contribution in [0, 0.1) is 0 Å². The number of rotatable bonds is 4. The fraction of sp³-hybridized carbons (Fsp3) is 0.231. The Morgan fingerprint density at radius 1 is 1.16 bits per heavy atom. The van der Waals surface area contributed by atoms with Crippen molar-refractivity contribution in [2.45, 2.75) is 18.9 Å². The van der Waals surface area contributed by atoms with Crippen LogP contribution in [0.4, 0.5) is 11.6 Å². The van der Waals surface area contributed by atoms with Gasteiger partial charge in [0.15, 0.2) is 0 Å². The zero-order valence-electron chi connectivity index (χ0n) is 10.2. The Kier molecular flexibility index (Phi) is 3.06. The average Bonchev–Trinajstić information content (AvgIpc) is 3.24. The summed E-state index contributed by atoms with van der Waals surface area (Å²) in [4.78, 5) is 23.9. The van der Waals surface area contributed by atoms with Gasteiger partial charge in [0.1, 0.15) is 18.0 Å². The van der Waals surface area contributed by atoms with E-state index >= 15 is 0 Å². The molecule has 6 nitrogen and oxygen atoms in total. The van der Waals surface area contributed by atoms with Gasteiger partial charge >= 0.3 is 0 Å². The van der Waals surface area contributed by atoms with Crippen molar-refractivity contribution in [1.82, 2.24) is 20.3 Å². The summed E-state index contributed by atoms with van der Waals surface area (Å²) < 4.78 is 0. The van der Waals surface area contributed by atoms with Crippen molar-refractivity contribution in [1.29, 1.82) is 0 Å². The molecule has 0 atom stereocenters. The first-order valence-corrected chi connectivity index (χ1v) is 6.11. The smallest absolute Gasteiger partial charge is 0.251 e. The van der Waals surface area contributed by atoms with Crippen LogP contribution in [0.3, 0.4) is 0 Å². The molecule has 1 amide bonds. The van der Waals surface area contributed by atoms with E-state index in [0.29, 0.717) is 23.2 Å². The van der Waals surface area contributed by atoms with Gasteiger partial charge in [-0.25, -0.2) is 15.0 Å². The summed E-state index contributed by atoms with van der Waals surface area (Å²) in [6.45, 7) is 0. The normalized spacial score (nSPS) is 13.9. The molecule has 2 heterocycles. The quantitative estimate of drug-likeness (QED) is 0.865. The lowest BCUT2D eigenvalue weighted by Crippen LogP contribution is -2.25. The van der Waals surface area contributed by atoms with Crippen LogP contribution < -0.4 is 10.6 Å². The minimum atomic E-state index is -0.0596. The highest BCUT2D eigenvalue weighted by Crippen LogP contribution is 2.20. The molecule has 0 saturated heterocycles. The van der Waals surface area contributed by atoms with Crippen LogP contribution >= 0.6 is 0 Å². The number of hydrogen-bond donors (Lipinski definition) is 2. The number of carbonyl (C=O) groups is 1. The van der Waals surface area contributed by atoms with Crippen LogP contribution in [-0.2, 0) is 0 Å². The highest BCUT2D eigenvalue weighted by molar-refractivity contribution is 5.95. The maximum absolute atomic E-state index is 11.9. The number of hydrogen-bond acceptors (Lipinski definition) is 5. The minimum Gasteiger partial charge on any atom is -0.349 e. The topological polar surface area (TPSA) is 79.8 Å². The van der Waals surface area contributed by atoms with Crippen molar-refractivity contribution in [2.75, 3.05) is 5.32 Å². The number of anilines is 2. The third-order valence-electron chi connectivity index (χ3n) is 2.77. The summed E-state index contributed by atoms with van der Waals surface area (Å²) in [6.07, 6.45) is 6.84. The largest absolute Gasteiger partial charge is 0.349 e. The zero-order chi connectivity index (χ0) is 13.1. The molecule has 2 aromatic heterocycles. The maximum atomic E-state index is 11.9. The number of carbonyl (C=O) groups excluding carboxylic acids is 1. The fourth-order valence-electron chi connectivity index (χ4n) is 1.63. The summed E-state index contributed by atoms with van der Waals surface area (Å²) >= 11 is 0. The van der Waals surface area contributed by atoms with E-state index < -0.39 is 0 Å². The molecule has 0 radical (unpaired) electrons. The Labute approximate surface area is 110 Å². The Morgan fingerprint density at radius 2 is 2.05 bits per heavy atom. The van der Waals surface area contributed by atoms with Gasteiger partial charge in [-0.1, -0.05) is 0 Å². The molecule has 0 aliphatic heterocycles. The molecule has 0 spiro atoms. The Hall–Kier alpha value is -2.50. The van der Waals surface area contributed by atoms with Gasteiger partial charge in [-0.15, -0.1) is 0 Å². The van der Waals surface area contributed by atoms with E-state index in [-0.39, 0.29) is 5.91 Å². The SMILES string of the molecule is O=C(NC1CC1)c1ccnc(Nc2ccncn2)c1. The second-order valence-electron chi connectivity index (χ2n) is 4.40. The molecule has 2 N–H and O–H groups in total. The average molecular weight is 255 g/mol. The van der Waals surface area contributed by atoms with Crippen molar-refractivity contribution in [3.8, 4) is 0 Å². The van der Waals surface area contributed by atoms with E-state index in [1.807, 2.05) is 0 Å². The molecule has 0 aromatic carbocycles. The molecule has 0 unspecified atom stereocenters. The monoisotopic (exact) mass is 255 g/mol. The van der Waals surface area contributed by atoms with Crippen molar-refractivity contribution < 1.29 is 4.79 Å². The highest BCUT2D eigenvalue weighted by Gasteiger charge is 2.23. The van der Waals surface area contributed by atoms with Crippen LogP contribution in [0.25, 0.3) is 0 Å². The van der Waals surface area contributed by atoms with Gasteiger partial charge in [0.05, 0.1) is 0 Å². The second kappa shape index (κ2) is 5.01. The summed E-state index contributed by atoms with van der Waals surface area (Å²) in [5.74, 6) is 1.17. The fourth-order valence-corrected chi connectivity index (χ4v) is 1.63. The molecule has 3 rings (SSSR count). The molecule has 1 saturated carbocycles. The van der Waals surface area contributed by atoms with Crippen LogP contribution in [0.2, 0.25) is 0 Å². The Balaban J connectivity index is 1.73. The first-order chi connectivity index (χ1) is 9.31. The van der Waals surface area contributed by atoms with E-state index in [2.05, 4.69) is 25.6 Å². The van der Waals surface area contributed by atoms with Crippen molar-refractivity contribution in [3.63, 3.8) is 0 Å². The van der Waals surface area contributed by atoms with Gasteiger partial charge in [-0.05, 0) is 31.0 Å². The Bertz CT molecular complexity index is 583. The molecule has 1 aliphatic carbocycles. The first-order valence-electron chi connectivity index (χ1n) is 6.11. The van der Waals surface area contributed by atoms with Gasteiger partial charge in [0.25, 0.3) is 5.91 Å². The van der Waals surface area contributed by atoms with Crippen LogP contribution in [-0.4, -0.2) is 26.9 Å². The molecule has 2 aromatic rings. The lowest BCUT2D eigenvalue weighted by atomic mass is 10.2. The van der Waals surface area contributed by atoms with Gasteiger partial charge in [-0.3, -0.25) is 4.79 Å². The lowest BCUT2D eigenvalue weighted by Gasteiger charge is -2.06. The number of nitrogens with zero attached hydrogens (tertiary/aromatic N) is 3. The zero-order valence-corrected chi connectivity index (χ0v) is 10.2. The third-order valence-corrected chi connectivity index (χ3v) is 2.77. The standard InChI is InChI=1S/C13H13N5O/c19-13(17-10-1-2-10)9-3-6-15-12(7-9)18-11-4-5-14-8-16-11/h3-8,10H,1-2H2,(H,17,19)(H,14,15,16,18). The van der Waals surface area contributed by atoms with E-state index in [1.165, 1.54) is 6.33 Å². The third kappa shape index (κ3) is 3.04. The molecule has 0 bridgehead atoms. The van der Waals surface area contributed by atoms with Gasteiger partial charge in [0.2, 0.25) is 0 Å². The molecular weight excluding hydrogens is 242 g/mol. The van der Waals surface area contributed by atoms with Crippen molar-refractivity contribution in [3.05, 3.63) is 42.5 Å². The highest BCUT2D eigenvalue weighted by atomic mass is 16.1. The van der Waals surface area contributed by atoms with E-state index in [0.717, 1.165) is 12.8 Å². The van der Waals surface area contributed by atoms with Gasteiger partial charge < -0.3 is 10.6 Å². The molecule has 1 aliphatic rings. The van der Waals surface area contributed by atoms with Gasteiger partial charge in [-0.2, -0.15) is 0 Å². The number of amides is 1. The van der Waals surface area contributed by atoms with E-state index in [4.69, 9.17) is 0 Å². The van der Waals surface area contributed by atoms with E-state index in [9.17, 15) is 4.79 Å². The summed E-state index contributed by atoms with van der Waals surface area (Å²) in [6, 6.07) is 5.49. The molecule has 96 valence electrons. The lowest BCUT2D eigenvalue weighted by molar-refractivity contribution is 0.0951. The summed E-state index contributed by atoms with van der Waals surface area (Å²) in [7, 11) is 0. The van der Waals surface area contributed by atoms with Crippen molar-refractivity contribution >= 4 is 17.5 Å². The van der Waals surface area contributed by atoms with Gasteiger partial charge in [0, 0.05) is 24.0 Å². The summed E-state index contributed by atoms with van der Waals surface area (Å²) in [5, 5.41) is 5.97. The van der Waals surface area contributed by atoms with E-state index in [1.54, 1.807) is 30.6 Å². The molecule has 6 heteroatoms. The number of pyridine rings is 1. The molecule has 1 fully saturated rings. The maximum Gasteiger partial charge on any atom is 0.251 e. The molecular formula is C13H13N5O. The second-order valence-corrected chi connectivity index (χ2v) is 4.40. The molecule has 19 heavy (non-hydrogen) atoms.